The van der Waals surface area contributed by atoms with Crippen molar-refractivity contribution in [2.75, 3.05) is 44.3 Å². The molecule has 0 bridgehead atoms. The van der Waals surface area contributed by atoms with Crippen LogP contribution in [-0.2, 0) is 0 Å². The van der Waals surface area contributed by atoms with E-state index in [1.807, 2.05) is 4.90 Å². The predicted octanol–water partition coefficient (Wildman–Crippen LogP) is 2.18. The molecule has 4 rings (SSSR count). The Morgan fingerprint density at radius 1 is 1.03 bits per heavy atom. The average Bonchev–Trinajstić information content (AvgIpc) is 2.80. The van der Waals surface area contributed by atoms with Crippen molar-refractivity contribution in [2.45, 2.75) is 0 Å². The minimum absolute atomic E-state index is 0. The minimum atomic E-state index is -0.471. The lowest BCUT2D eigenvalue weighted by Crippen LogP contribution is -2.47. The van der Waals surface area contributed by atoms with Gasteiger partial charge in [0.1, 0.15) is 0 Å². The summed E-state index contributed by atoms with van der Waals surface area (Å²) in [6.07, 6.45) is 4.65. The number of nitrogens with two attached hydrogens (primary N) is 1. The van der Waals surface area contributed by atoms with Gasteiger partial charge in [-0.1, -0.05) is 12.1 Å². The lowest BCUT2D eigenvalue weighted by molar-refractivity contribution is 0.0664. The van der Waals surface area contributed by atoms with E-state index in [2.05, 4.69) is 32.2 Å². The molecule has 3 aromatic rings. The third-order valence-corrected chi connectivity index (χ3v) is 5.15. The minimum Gasteiger partial charge on any atom is -0.382 e. The normalized spacial score (nSPS) is 13.8. The third-order valence-electron chi connectivity index (χ3n) is 5.15. The van der Waals surface area contributed by atoms with Gasteiger partial charge in [0.25, 0.3) is 11.8 Å². The summed E-state index contributed by atoms with van der Waals surface area (Å²) in [6, 6.07) is 10.6. The first-order chi connectivity index (χ1) is 15.0. The molecule has 1 saturated heterocycles. The number of pyridine rings is 1. The van der Waals surface area contributed by atoms with E-state index in [0.717, 1.165) is 31.7 Å². The van der Waals surface area contributed by atoms with Crippen LogP contribution in [0.2, 0.25) is 0 Å². The predicted molar refractivity (Wildman–Crippen MR) is 125 cm³/mol. The molecule has 10 heteroatoms. The van der Waals surface area contributed by atoms with Gasteiger partial charge in [0.15, 0.2) is 11.5 Å². The van der Waals surface area contributed by atoms with Crippen molar-refractivity contribution < 1.29 is 9.59 Å². The largest absolute Gasteiger partial charge is 0.382 e. The van der Waals surface area contributed by atoms with Gasteiger partial charge in [0.2, 0.25) is 0 Å². The smallest absolute Gasteiger partial charge is 0.278 e. The molecule has 1 fully saturated rings. The van der Waals surface area contributed by atoms with Gasteiger partial charge in [-0.25, -0.2) is 9.97 Å². The summed E-state index contributed by atoms with van der Waals surface area (Å²) < 4.78 is 0. The average molecular weight is 454 g/mol. The second-order valence-corrected chi connectivity index (χ2v) is 7.36. The van der Waals surface area contributed by atoms with Crippen molar-refractivity contribution >= 4 is 35.7 Å². The van der Waals surface area contributed by atoms with E-state index >= 15 is 0 Å². The van der Waals surface area contributed by atoms with Crippen LogP contribution in [0.1, 0.15) is 20.8 Å². The van der Waals surface area contributed by atoms with E-state index in [1.54, 1.807) is 42.6 Å². The molecule has 0 unspecified atom stereocenters. The molecule has 0 aliphatic carbocycles. The SMILES string of the molecule is CN1CCN(C(=O)c2ccc(-c3cnc(N)c(C(=O)Nc4cccnc4)n3)cc2)CC1.Cl. The Balaban J connectivity index is 0.00000289. The maximum Gasteiger partial charge on any atom is 0.278 e. The first-order valence-corrected chi connectivity index (χ1v) is 9.93. The Kier molecular flexibility index (Phi) is 7.34. The number of halogens is 1. The highest BCUT2D eigenvalue weighted by atomic mass is 35.5. The van der Waals surface area contributed by atoms with Crippen molar-refractivity contribution in [3.8, 4) is 11.3 Å². The Labute approximate surface area is 192 Å². The first-order valence-electron chi connectivity index (χ1n) is 9.93. The van der Waals surface area contributed by atoms with Crippen LogP contribution < -0.4 is 11.1 Å². The van der Waals surface area contributed by atoms with E-state index in [-0.39, 0.29) is 29.8 Å². The van der Waals surface area contributed by atoms with Crippen LogP contribution in [0.4, 0.5) is 11.5 Å². The van der Waals surface area contributed by atoms with Crippen molar-refractivity contribution in [1.29, 1.82) is 0 Å². The second kappa shape index (κ2) is 10.2. The number of nitrogen functional groups attached to an aromatic ring is 1. The van der Waals surface area contributed by atoms with Crippen molar-refractivity contribution in [3.05, 3.63) is 66.2 Å². The molecule has 1 aliphatic heterocycles. The molecule has 32 heavy (non-hydrogen) atoms. The molecule has 3 N–H and O–H groups in total. The summed E-state index contributed by atoms with van der Waals surface area (Å²) in [5.41, 5.74) is 8.28. The number of nitrogens with one attached hydrogen (secondary N) is 1. The highest BCUT2D eigenvalue weighted by Gasteiger charge is 2.20. The molecule has 2 aromatic heterocycles. The lowest BCUT2D eigenvalue weighted by atomic mass is 10.1. The molecular formula is C22H24ClN7O2. The summed E-state index contributed by atoms with van der Waals surface area (Å²) in [6.45, 7) is 3.18. The monoisotopic (exact) mass is 453 g/mol. The highest BCUT2D eigenvalue weighted by Crippen LogP contribution is 2.21. The van der Waals surface area contributed by atoms with E-state index in [1.165, 1.54) is 12.4 Å². The Hall–Kier alpha value is -3.56. The van der Waals surface area contributed by atoms with Gasteiger partial charge in [0.05, 0.1) is 23.8 Å². The molecular weight excluding hydrogens is 430 g/mol. The van der Waals surface area contributed by atoms with Crippen LogP contribution >= 0.6 is 12.4 Å². The fourth-order valence-electron chi connectivity index (χ4n) is 3.31. The number of anilines is 2. The molecule has 2 amide bonds. The number of piperazine rings is 1. The topological polar surface area (TPSA) is 117 Å². The number of rotatable bonds is 4. The molecule has 0 saturated carbocycles. The number of aromatic nitrogens is 3. The Morgan fingerprint density at radius 2 is 1.75 bits per heavy atom. The van der Waals surface area contributed by atoms with Gasteiger partial charge in [-0.3, -0.25) is 14.6 Å². The van der Waals surface area contributed by atoms with E-state index < -0.39 is 5.91 Å². The number of likely N-dealkylation sites (N-methyl/N-ethyl adjacent to an activating group) is 1. The van der Waals surface area contributed by atoms with Gasteiger partial charge in [-0.15, -0.1) is 12.4 Å². The fraction of sp³-hybridized carbons (Fsp3) is 0.227. The van der Waals surface area contributed by atoms with Crippen molar-refractivity contribution in [3.63, 3.8) is 0 Å². The summed E-state index contributed by atoms with van der Waals surface area (Å²) in [5.74, 6) is -0.423. The van der Waals surface area contributed by atoms with Crippen LogP contribution in [0.3, 0.4) is 0 Å². The zero-order valence-corrected chi connectivity index (χ0v) is 18.4. The molecule has 0 spiro atoms. The van der Waals surface area contributed by atoms with Crippen LogP contribution in [0, 0.1) is 0 Å². The van der Waals surface area contributed by atoms with Gasteiger partial charge in [0, 0.05) is 43.5 Å². The summed E-state index contributed by atoms with van der Waals surface area (Å²) in [7, 11) is 2.05. The lowest BCUT2D eigenvalue weighted by Gasteiger charge is -2.32. The van der Waals surface area contributed by atoms with E-state index in [0.29, 0.717) is 16.9 Å². The van der Waals surface area contributed by atoms with Gasteiger partial charge in [-0.2, -0.15) is 0 Å². The fourth-order valence-corrected chi connectivity index (χ4v) is 3.31. The molecule has 166 valence electrons. The van der Waals surface area contributed by atoms with Crippen molar-refractivity contribution in [1.82, 2.24) is 24.8 Å². The second-order valence-electron chi connectivity index (χ2n) is 7.36. The number of carbonyl (C=O) groups excluding carboxylic acids is 2. The molecule has 0 atom stereocenters. The maximum atomic E-state index is 12.7. The molecule has 3 heterocycles. The van der Waals surface area contributed by atoms with E-state index in [9.17, 15) is 9.59 Å². The molecule has 9 nitrogen and oxygen atoms in total. The number of hydrogen-bond donors (Lipinski definition) is 2. The van der Waals surface area contributed by atoms with Gasteiger partial charge in [-0.05, 0) is 31.3 Å². The number of benzene rings is 1. The molecule has 0 radical (unpaired) electrons. The number of carbonyl (C=O) groups is 2. The Bertz CT molecular complexity index is 1090. The summed E-state index contributed by atoms with van der Waals surface area (Å²) in [5, 5.41) is 2.70. The quantitative estimate of drug-likeness (QED) is 0.621. The van der Waals surface area contributed by atoms with Crippen LogP contribution in [0.5, 0.6) is 0 Å². The molecule has 1 aliphatic rings. The third kappa shape index (κ3) is 5.19. The van der Waals surface area contributed by atoms with Crippen molar-refractivity contribution in [2.24, 2.45) is 0 Å². The van der Waals surface area contributed by atoms with E-state index in [4.69, 9.17) is 5.73 Å². The molecule has 1 aromatic carbocycles. The van der Waals surface area contributed by atoms with Gasteiger partial charge < -0.3 is 20.9 Å². The number of nitrogens with zero attached hydrogens (tertiary/aromatic N) is 5. The van der Waals surface area contributed by atoms with Crippen LogP contribution in [-0.4, -0.2) is 69.8 Å². The van der Waals surface area contributed by atoms with Crippen LogP contribution in [0.25, 0.3) is 11.3 Å². The first kappa shape index (κ1) is 23.1. The van der Waals surface area contributed by atoms with Gasteiger partial charge >= 0.3 is 0 Å². The number of hydrogen-bond acceptors (Lipinski definition) is 7. The van der Waals surface area contributed by atoms with Crippen LogP contribution in [0.15, 0.2) is 55.0 Å². The Morgan fingerprint density at radius 3 is 2.41 bits per heavy atom. The zero-order chi connectivity index (χ0) is 21.8. The highest BCUT2D eigenvalue weighted by molar-refractivity contribution is 6.05. The maximum absolute atomic E-state index is 12.7. The zero-order valence-electron chi connectivity index (χ0n) is 17.6. The number of amides is 2. The summed E-state index contributed by atoms with van der Waals surface area (Å²) >= 11 is 0. The summed E-state index contributed by atoms with van der Waals surface area (Å²) in [4.78, 5) is 41.8. The standard InChI is InChI=1S/C22H23N7O2.ClH/c1-28-9-11-29(12-10-28)22(31)16-6-4-15(5-7-16)18-14-25-20(23)19(27-18)21(30)26-17-3-2-8-24-13-17;/h2-8,13-14H,9-12H2,1H3,(H2,23,25)(H,26,30);1H.